The van der Waals surface area contributed by atoms with Crippen LogP contribution in [0.5, 0.6) is 0 Å². The lowest BCUT2D eigenvalue weighted by Crippen LogP contribution is -2.29. The van der Waals surface area contributed by atoms with Crippen LogP contribution in [-0.2, 0) is 5.41 Å². The standard InChI is InChI=1S/C31H16Br2F2O/c32-19-11-12-22-24(15-19)31(17-5-3-7-20(34)13-17,18-6-4-8-21(35)14-18)25-16-26(33)29-23-9-1-2-10-27(23)36-30(29)28(22)25/h1-16H. The third kappa shape index (κ3) is 2.90. The minimum absolute atomic E-state index is 0.350. The van der Waals surface area contributed by atoms with Gasteiger partial charge in [0.2, 0.25) is 0 Å². The Bertz CT molecular complexity index is 1810. The fraction of sp³-hybridized carbons (Fsp3) is 0.0323. The maximum atomic E-state index is 14.8. The summed E-state index contributed by atoms with van der Waals surface area (Å²) in [7, 11) is 0. The van der Waals surface area contributed by atoms with E-state index < -0.39 is 5.41 Å². The summed E-state index contributed by atoms with van der Waals surface area (Å²) in [5.41, 5.74) is 5.75. The number of rotatable bonds is 2. The Morgan fingerprint density at radius 2 is 1.36 bits per heavy atom. The molecule has 0 spiro atoms. The monoisotopic (exact) mass is 600 g/mol. The second-order valence-corrected chi connectivity index (χ2v) is 10.8. The molecule has 7 rings (SSSR count). The normalized spacial score (nSPS) is 13.8. The zero-order valence-corrected chi connectivity index (χ0v) is 21.8. The molecule has 1 aliphatic carbocycles. The highest BCUT2D eigenvalue weighted by Gasteiger charge is 2.48. The predicted octanol–water partition coefficient (Wildman–Crippen LogP) is 9.75. The third-order valence-electron chi connectivity index (χ3n) is 7.18. The summed E-state index contributed by atoms with van der Waals surface area (Å²) in [6.07, 6.45) is 0. The Morgan fingerprint density at radius 1 is 0.667 bits per heavy atom. The predicted molar refractivity (Wildman–Crippen MR) is 146 cm³/mol. The molecule has 0 unspecified atom stereocenters. The fourth-order valence-corrected chi connectivity index (χ4v) is 6.82. The molecule has 0 radical (unpaired) electrons. The lowest BCUT2D eigenvalue weighted by Gasteiger charge is -2.34. The zero-order valence-electron chi connectivity index (χ0n) is 18.7. The number of halogens is 4. The Morgan fingerprint density at radius 3 is 2.06 bits per heavy atom. The van der Waals surface area contributed by atoms with Gasteiger partial charge in [-0.15, -0.1) is 0 Å². The lowest BCUT2D eigenvalue weighted by atomic mass is 9.67. The van der Waals surface area contributed by atoms with E-state index in [4.69, 9.17) is 4.42 Å². The molecule has 0 amide bonds. The van der Waals surface area contributed by atoms with Crippen LogP contribution in [0.1, 0.15) is 22.3 Å². The first-order valence-electron chi connectivity index (χ1n) is 11.4. The molecular formula is C31H16Br2F2O. The summed E-state index contributed by atoms with van der Waals surface area (Å²) in [6.45, 7) is 0. The highest BCUT2D eigenvalue weighted by Crippen LogP contribution is 2.60. The van der Waals surface area contributed by atoms with Gasteiger partial charge in [-0.05, 0) is 76.3 Å². The molecule has 5 aromatic carbocycles. The van der Waals surface area contributed by atoms with Crippen molar-refractivity contribution >= 4 is 53.8 Å². The Hall–Kier alpha value is -3.28. The van der Waals surface area contributed by atoms with Crippen molar-refractivity contribution in [3.63, 3.8) is 0 Å². The SMILES string of the molecule is Fc1cccc(C2(c3cccc(F)c3)c3cc(Br)ccc3-c3c2cc(Br)c2c3oc3ccccc32)c1. The van der Waals surface area contributed by atoms with E-state index in [1.165, 1.54) is 12.1 Å². The molecule has 0 N–H and O–H groups in total. The summed E-state index contributed by atoms with van der Waals surface area (Å²) >= 11 is 7.47. The van der Waals surface area contributed by atoms with Crippen LogP contribution in [0, 0.1) is 11.6 Å². The highest BCUT2D eigenvalue weighted by molar-refractivity contribution is 9.11. The van der Waals surface area contributed by atoms with Crippen molar-refractivity contribution < 1.29 is 13.2 Å². The van der Waals surface area contributed by atoms with Crippen LogP contribution in [0.2, 0.25) is 0 Å². The maximum absolute atomic E-state index is 14.8. The molecule has 1 aromatic heterocycles. The minimum atomic E-state index is -0.964. The first kappa shape index (κ1) is 22.0. The van der Waals surface area contributed by atoms with Crippen LogP contribution in [0.25, 0.3) is 33.1 Å². The first-order valence-corrected chi connectivity index (χ1v) is 13.0. The van der Waals surface area contributed by atoms with Crippen molar-refractivity contribution in [2.45, 2.75) is 5.41 Å². The van der Waals surface area contributed by atoms with Gasteiger partial charge in [-0.25, -0.2) is 8.78 Å². The molecular weight excluding hydrogens is 586 g/mol. The second kappa shape index (κ2) is 7.86. The molecule has 174 valence electrons. The summed E-state index contributed by atoms with van der Waals surface area (Å²) in [5.74, 6) is -0.700. The molecule has 5 heteroatoms. The van der Waals surface area contributed by atoms with Gasteiger partial charge in [0.15, 0.2) is 0 Å². The first-order chi connectivity index (χ1) is 17.5. The Kier molecular flexibility index (Phi) is 4.79. The van der Waals surface area contributed by atoms with Gasteiger partial charge in [-0.2, -0.15) is 0 Å². The summed E-state index contributed by atoms with van der Waals surface area (Å²) in [4.78, 5) is 0. The van der Waals surface area contributed by atoms with E-state index in [0.717, 1.165) is 53.1 Å². The summed E-state index contributed by atoms with van der Waals surface area (Å²) in [6, 6.07) is 29.3. The number of hydrogen-bond donors (Lipinski definition) is 0. The number of benzene rings is 5. The van der Waals surface area contributed by atoms with E-state index in [2.05, 4.69) is 44.0 Å². The van der Waals surface area contributed by atoms with E-state index in [1.807, 2.05) is 48.5 Å². The van der Waals surface area contributed by atoms with E-state index in [9.17, 15) is 8.78 Å². The molecule has 1 heterocycles. The van der Waals surface area contributed by atoms with Crippen LogP contribution in [0.4, 0.5) is 8.78 Å². The van der Waals surface area contributed by atoms with E-state index in [0.29, 0.717) is 11.1 Å². The summed E-state index contributed by atoms with van der Waals surface area (Å²) < 4.78 is 37.8. The van der Waals surface area contributed by atoms with Gasteiger partial charge >= 0.3 is 0 Å². The van der Waals surface area contributed by atoms with Crippen LogP contribution < -0.4 is 0 Å². The number of para-hydroxylation sites is 1. The minimum Gasteiger partial charge on any atom is -0.455 e. The van der Waals surface area contributed by atoms with Crippen molar-refractivity contribution in [2.75, 3.05) is 0 Å². The number of hydrogen-bond acceptors (Lipinski definition) is 1. The Labute approximate surface area is 222 Å². The molecule has 1 nitrogen and oxygen atoms in total. The average molecular weight is 602 g/mol. The molecule has 0 atom stereocenters. The molecule has 0 fully saturated rings. The van der Waals surface area contributed by atoms with Crippen molar-refractivity contribution in [1.82, 2.24) is 0 Å². The van der Waals surface area contributed by atoms with Gasteiger partial charge in [-0.3, -0.25) is 0 Å². The molecule has 36 heavy (non-hydrogen) atoms. The molecule has 1 aliphatic rings. The van der Waals surface area contributed by atoms with Crippen molar-refractivity contribution in [1.29, 1.82) is 0 Å². The molecule has 0 aliphatic heterocycles. The van der Waals surface area contributed by atoms with Gasteiger partial charge in [-0.1, -0.05) is 80.4 Å². The number of furan rings is 1. The van der Waals surface area contributed by atoms with Crippen LogP contribution in [0.3, 0.4) is 0 Å². The van der Waals surface area contributed by atoms with Gasteiger partial charge in [0.1, 0.15) is 22.8 Å². The zero-order chi connectivity index (χ0) is 24.6. The van der Waals surface area contributed by atoms with Crippen molar-refractivity contribution in [3.05, 3.63) is 140 Å². The maximum Gasteiger partial charge on any atom is 0.144 e. The van der Waals surface area contributed by atoms with Gasteiger partial charge < -0.3 is 4.42 Å². The highest BCUT2D eigenvalue weighted by atomic mass is 79.9. The Balaban J connectivity index is 1.74. The fourth-order valence-electron chi connectivity index (χ4n) is 5.84. The smallest absolute Gasteiger partial charge is 0.144 e. The van der Waals surface area contributed by atoms with Gasteiger partial charge in [0, 0.05) is 25.3 Å². The van der Waals surface area contributed by atoms with E-state index >= 15 is 0 Å². The molecule has 6 aromatic rings. The van der Waals surface area contributed by atoms with Gasteiger partial charge in [0.05, 0.1) is 5.41 Å². The van der Waals surface area contributed by atoms with Crippen molar-refractivity contribution in [3.8, 4) is 11.1 Å². The molecule has 0 bridgehead atoms. The lowest BCUT2D eigenvalue weighted by molar-refractivity contribution is 0.613. The van der Waals surface area contributed by atoms with Crippen LogP contribution in [-0.4, -0.2) is 0 Å². The number of fused-ring (bicyclic) bond motifs is 7. The van der Waals surface area contributed by atoms with Crippen LogP contribution >= 0.6 is 31.9 Å². The van der Waals surface area contributed by atoms with E-state index in [-0.39, 0.29) is 11.6 Å². The quantitative estimate of drug-likeness (QED) is 0.192. The largest absolute Gasteiger partial charge is 0.455 e. The average Bonchev–Trinajstić information content (AvgIpc) is 3.38. The topological polar surface area (TPSA) is 13.1 Å². The summed E-state index contributed by atoms with van der Waals surface area (Å²) in [5, 5.41) is 1.99. The van der Waals surface area contributed by atoms with Crippen molar-refractivity contribution in [2.24, 2.45) is 0 Å². The second-order valence-electron chi connectivity index (χ2n) is 9.04. The third-order valence-corrected chi connectivity index (χ3v) is 8.29. The van der Waals surface area contributed by atoms with Gasteiger partial charge in [0.25, 0.3) is 0 Å². The molecule has 0 saturated carbocycles. The molecule has 0 saturated heterocycles. The van der Waals surface area contributed by atoms with E-state index in [1.54, 1.807) is 24.3 Å². The van der Waals surface area contributed by atoms with Crippen LogP contribution in [0.15, 0.2) is 110 Å².